The lowest BCUT2D eigenvalue weighted by Crippen LogP contribution is -2.23. The van der Waals surface area contributed by atoms with Crippen LogP contribution in [0.15, 0.2) is 53.4 Å². The number of hydrogen-bond acceptors (Lipinski definition) is 4. The van der Waals surface area contributed by atoms with E-state index in [0.717, 1.165) is 5.69 Å². The summed E-state index contributed by atoms with van der Waals surface area (Å²) in [5.74, 6) is 1.21. The molecule has 2 aromatic carbocycles. The van der Waals surface area contributed by atoms with Crippen LogP contribution in [0.2, 0.25) is 0 Å². The van der Waals surface area contributed by atoms with E-state index in [0.29, 0.717) is 16.6 Å². The lowest BCUT2D eigenvalue weighted by molar-refractivity contribution is 0.482. The zero-order chi connectivity index (χ0) is 15.2. The van der Waals surface area contributed by atoms with Crippen molar-refractivity contribution in [1.29, 1.82) is 0 Å². The minimum atomic E-state index is -2.23. The van der Waals surface area contributed by atoms with E-state index in [4.69, 9.17) is 17.0 Å². The molecule has 0 saturated heterocycles. The van der Waals surface area contributed by atoms with Crippen LogP contribution in [-0.2, 0) is 11.1 Å². The Bertz CT molecular complexity index is 642. The van der Waals surface area contributed by atoms with Crippen molar-refractivity contribution < 1.29 is 13.5 Å². The average Bonchev–Trinajstić information content (AvgIpc) is 2.49. The minimum absolute atomic E-state index is 0.225. The Kier molecular flexibility index (Phi) is 5.26. The molecule has 5 nitrogen and oxygen atoms in total. The Morgan fingerprint density at radius 3 is 2.10 bits per heavy atom. The highest BCUT2D eigenvalue weighted by molar-refractivity contribution is 7.80. The van der Waals surface area contributed by atoms with E-state index in [1.165, 1.54) is 12.1 Å². The van der Waals surface area contributed by atoms with Crippen LogP contribution in [0.5, 0.6) is 11.5 Å². The summed E-state index contributed by atoms with van der Waals surface area (Å²) in [5, 5.41) is 6.35. The molecule has 0 saturated carbocycles. The Morgan fingerprint density at radius 2 is 1.62 bits per heavy atom. The van der Waals surface area contributed by atoms with Crippen LogP contribution in [0.3, 0.4) is 0 Å². The molecule has 21 heavy (non-hydrogen) atoms. The van der Waals surface area contributed by atoms with E-state index in [1.807, 2.05) is 12.1 Å². The van der Waals surface area contributed by atoms with Gasteiger partial charge in [-0.2, -0.15) is 0 Å². The van der Waals surface area contributed by atoms with Gasteiger partial charge in [0.15, 0.2) is 5.11 Å². The Hall–Kier alpha value is -1.96. The molecule has 2 rings (SSSR count). The number of rotatable bonds is 4. The Morgan fingerprint density at radius 1 is 1.10 bits per heavy atom. The first kappa shape index (κ1) is 15.4. The minimum Gasteiger partial charge on any atom is -0.768 e. The number of benzene rings is 2. The second kappa shape index (κ2) is 7.16. The maximum Gasteiger partial charge on any atom is 0.170 e. The van der Waals surface area contributed by atoms with Gasteiger partial charge in [-0.05, 0) is 71.8 Å². The lowest BCUT2D eigenvalue weighted by atomic mass is 10.3. The van der Waals surface area contributed by atoms with Crippen LogP contribution in [0.4, 0.5) is 5.69 Å². The monoisotopic (exact) mass is 321 g/mol. The molecule has 0 fully saturated rings. The van der Waals surface area contributed by atoms with Crippen LogP contribution in [0.1, 0.15) is 0 Å². The first-order valence-electron chi connectivity index (χ1n) is 6.04. The molecule has 0 radical (unpaired) electrons. The lowest BCUT2D eigenvalue weighted by Gasteiger charge is -2.10. The molecule has 2 N–H and O–H groups in total. The molecule has 0 amide bonds. The van der Waals surface area contributed by atoms with E-state index in [9.17, 15) is 8.76 Å². The predicted molar refractivity (Wildman–Crippen MR) is 85.4 cm³/mol. The molecule has 0 aliphatic heterocycles. The summed E-state index contributed by atoms with van der Waals surface area (Å²) >= 11 is 2.78. The summed E-state index contributed by atoms with van der Waals surface area (Å²) in [7, 11) is 1.74. The van der Waals surface area contributed by atoms with Crippen molar-refractivity contribution in [2.75, 3.05) is 12.4 Å². The molecule has 2 aromatic rings. The van der Waals surface area contributed by atoms with Gasteiger partial charge >= 0.3 is 0 Å². The van der Waals surface area contributed by atoms with Gasteiger partial charge in [-0.1, -0.05) is 0 Å². The molecular weight excluding hydrogens is 308 g/mol. The van der Waals surface area contributed by atoms with E-state index < -0.39 is 11.1 Å². The van der Waals surface area contributed by atoms with Crippen molar-refractivity contribution in [3.8, 4) is 11.5 Å². The Balaban J connectivity index is 2.02. The highest BCUT2D eigenvalue weighted by Crippen LogP contribution is 2.23. The van der Waals surface area contributed by atoms with Gasteiger partial charge in [-0.15, -0.1) is 0 Å². The van der Waals surface area contributed by atoms with E-state index in [2.05, 4.69) is 10.6 Å². The van der Waals surface area contributed by atoms with Gasteiger partial charge in [0, 0.05) is 17.6 Å². The van der Waals surface area contributed by atoms with Gasteiger partial charge in [0.25, 0.3) is 0 Å². The molecule has 1 atom stereocenters. The van der Waals surface area contributed by atoms with Gasteiger partial charge in [0.2, 0.25) is 0 Å². The molecule has 110 valence electrons. The number of nitrogens with one attached hydrogen (secondary N) is 2. The first-order chi connectivity index (χ1) is 10.1. The van der Waals surface area contributed by atoms with Crippen LogP contribution in [-0.4, -0.2) is 20.9 Å². The van der Waals surface area contributed by atoms with E-state index >= 15 is 0 Å². The third kappa shape index (κ3) is 4.52. The molecule has 0 spiro atoms. The third-order valence-electron chi connectivity index (χ3n) is 2.59. The largest absolute Gasteiger partial charge is 0.768 e. The third-order valence-corrected chi connectivity index (χ3v) is 3.55. The van der Waals surface area contributed by atoms with Gasteiger partial charge in [-0.25, -0.2) is 0 Å². The zero-order valence-corrected chi connectivity index (χ0v) is 12.8. The van der Waals surface area contributed by atoms with Crippen molar-refractivity contribution >= 4 is 34.1 Å². The summed E-state index contributed by atoms with van der Waals surface area (Å²) in [6, 6.07) is 13.4. The highest BCUT2D eigenvalue weighted by atomic mass is 32.2. The fourth-order valence-electron chi connectivity index (χ4n) is 1.55. The summed E-state index contributed by atoms with van der Waals surface area (Å²) in [5.41, 5.74) is 0.846. The molecule has 0 aliphatic carbocycles. The molecule has 1 unspecified atom stereocenters. The standard InChI is InChI=1S/C14H14N2O3S2/c1-15-14(20)16-10-2-4-11(5-3-10)19-12-6-8-13(9-7-12)21(17)18/h2-9H,1H3,(H,17,18)(H2,15,16,20)/p-1. The summed E-state index contributed by atoms with van der Waals surface area (Å²) in [6.45, 7) is 0. The molecule has 0 bridgehead atoms. The summed E-state index contributed by atoms with van der Waals surface area (Å²) in [6.07, 6.45) is 0. The van der Waals surface area contributed by atoms with E-state index in [-0.39, 0.29) is 4.90 Å². The quantitative estimate of drug-likeness (QED) is 0.666. The first-order valence-corrected chi connectivity index (χ1v) is 7.53. The fourth-order valence-corrected chi connectivity index (χ4v) is 2.03. The van der Waals surface area contributed by atoms with Crippen molar-refractivity contribution in [2.45, 2.75) is 4.90 Å². The second-order valence-corrected chi connectivity index (χ2v) is 5.39. The normalized spacial score (nSPS) is 11.5. The van der Waals surface area contributed by atoms with Crippen LogP contribution < -0.4 is 15.4 Å². The van der Waals surface area contributed by atoms with E-state index in [1.54, 1.807) is 31.3 Å². The second-order valence-electron chi connectivity index (χ2n) is 4.04. The topological polar surface area (TPSA) is 73.4 Å². The van der Waals surface area contributed by atoms with Gasteiger partial charge in [-0.3, -0.25) is 4.21 Å². The zero-order valence-electron chi connectivity index (χ0n) is 11.2. The highest BCUT2D eigenvalue weighted by Gasteiger charge is 2.00. The number of ether oxygens (including phenoxy) is 1. The molecule has 7 heteroatoms. The number of thiocarbonyl (C=S) groups is 1. The van der Waals surface area contributed by atoms with Gasteiger partial charge in [0.1, 0.15) is 11.5 Å². The molecule has 0 aromatic heterocycles. The maximum atomic E-state index is 10.8. The van der Waals surface area contributed by atoms with Crippen molar-refractivity contribution in [1.82, 2.24) is 5.32 Å². The summed E-state index contributed by atoms with van der Waals surface area (Å²) < 4.78 is 27.1. The Labute approximate surface area is 130 Å². The average molecular weight is 321 g/mol. The molecule has 0 aliphatic rings. The van der Waals surface area contributed by atoms with Crippen molar-refractivity contribution in [2.24, 2.45) is 0 Å². The summed E-state index contributed by atoms with van der Waals surface area (Å²) in [4.78, 5) is 0.225. The molecule has 0 heterocycles. The number of anilines is 1. The van der Waals surface area contributed by atoms with Crippen LogP contribution in [0, 0.1) is 0 Å². The van der Waals surface area contributed by atoms with Crippen molar-refractivity contribution in [3.63, 3.8) is 0 Å². The SMILES string of the molecule is CNC(=S)Nc1ccc(Oc2ccc(S(=O)[O-])cc2)cc1. The maximum absolute atomic E-state index is 10.8. The number of hydrogen-bond donors (Lipinski definition) is 2. The van der Waals surface area contributed by atoms with Crippen molar-refractivity contribution in [3.05, 3.63) is 48.5 Å². The van der Waals surface area contributed by atoms with Gasteiger partial charge in [0.05, 0.1) is 0 Å². The van der Waals surface area contributed by atoms with Gasteiger partial charge < -0.3 is 19.9 Å². The van der Waals surface area contributed by atoms with Crippen LogP contribution in [0.25, 0.3) is 0 Å². The smallest absolute Gasteiger partial charge is 0.170 e. The predicted octanol–water partition coefficient (Wildman–Crippen LogP) is 2.63. The van der Waals surface area contributed by atoms with Crippen LogP contribution >= 0.6 is 12.2 Å². The molecular formula is C14H13N2O3S2-. The fraction of sp³-hybridized carbons (Fsp3) is 0.0714.